The minimum atomic E-state index is -0.835. The largest absolute Gasteiger partial charge is 0.391 e. The number of methoxy groups -OCH3 is 1. The normalized spacial score (nSPS) is 42.5. The van der Waals surface area contributed by atoms with Gasteiger partial charge in [-0.05, 0) is 100 Å². The molecule has 4 amide bonds. The third-order valence-electron chi connectivity index (χ3n) is 15.8. The number of nitrogens with two attached hydrogens (primary N) is 1. The van der Waals surface area contributed by atoms with E-state index in [4.69, 9.17) is 10.5 Å². The van der Waals surface area contributed by atoms with Crippen LogP contribution in [-0.2, 0) is 23.9 Å². The number of nitrogens with zero attached hydrogens (tertiary/aromatic N) is 3. The standard InChI is InChI=1S/C41H65N5O6/c1-52-35-9-5-4-8-33(35)44-12-14-45(15-13-44)37(49)32(18-26-10-11-29-6-2-3-7-30(29)17-26)43-36(48)34-19-31(47)24-46(34)39(51)41-22-27-16-28(23-41)21-40(20-27,25-41)38(42)50/h26-35,47H,2-25H2,1H3,(H2,42,50)(H,43,48)/t26?,27?,28?,29?,30?,31-,32?,33?,34?,35?,40?,41?/m1/s1. The highest BCUT2D eigenvalue weighted by Gasteiger charge is 2.64. The van der Waals surface area contributed by atoms with Crippen LogP contribution in [0.5, 0.6) is 0 Å². The molecule has 4 bridgehead atoms. The number of carbonyl (C=O) groups is 4. The molecule has 290 valence electrons. The van der Waals surface area contributed by atoms with Crippen molar-refractivity contribution in [1.29, 1.82) is 0 Å². The highest BCUT2D eigenvalue weighted by atomic mass is 16.5. The number of rotatable bonds is 9. The molecule has 7 saturated carbocycles. The SMILES string of the molecule is COC1CCCCC1N1CCN(C(=O)C(CC2CCC3CCCCC3C2)NC(=O)C2C[C@@H](O)CN2C(=O)C23CC4CC(CC(C(N)=O)(C4)C2)C3)CC1. The summed E-state index contributed by atoms with van der Waals surface area (Å²) >= 11 is 0. The van der Waals surface area contributed by atoms with Gasteiger partial charge in [-0.25, -0.2) is 0 Å². The van der Waals surface area contributed by atoms with E-state index in [9.17, 15) is 24.3 Å². The van der Waals surface area contributed by atoms with Gasteiger partial charge in [0.25, 0.3) is 0 Å². The minimum absolute atomic E-state index is 0.00777. The molecule has 11 heteroatoms. The van der Waals surface area contributed by atoms with Crippen molar-refractivity contribution in [2.45, 2.75) is 152 Å². The van der Waals surface area contributed by atoms with E-state index in [1.165, 1.54) is 44.9 Å². The molecule has 10 atom stereocenters. The number of piperazine rings is 1. The topological polar surface area (TPSA) is 146 Å². The molecule has 9 fully saturated rings. The van der Waals surface area contributed by atoms with Crippen LogP contribution in [0.3, 0.4) is 0 Å². The Balaban J connectivity index is 0.978. The maximum Gasteiger partial charge on any atom is 0.245 e. The van der Waals surface area contributed by atoms with E-state index in [0.29, 0.717) is 43.8 Å². The lowest BCUT2D eigenvalue weighted by Crippen LogP contribution is -2.63. The average Bonchev–Trinajstić information content (AvgIpc) is 3.54. The van der Waals surface area contributed by atoms with Crippen LogP contribution < -0.4 is 11.1 Å². The van der Waals surface area contributed by atoms with Crippen molar-refractivity contribution in [1.82, 2.24) is 20.0 Å². The van der Waals surface area contributed by atoms with Gasteiger partial charge in [0.2, 0.25) is 23.6 Å². The first-order valence-electron chi connectivity index (χ1n) is 21.2. The molecule has 9 aliphatic rings. The molecular formula is C41H65N5O6. The number of primary amides is 1. The van der Waals surface area contributed by atoms with Gasteiger partial charge in [-0.2, -0.15) is 0 Å². The number of aliphatic hydroxyl groups is 1. The fourth-order valence-corrected chi connectivity index (χ4v) is 13.7. The average molecular weight is 724 g/mol. The van der Waals surface area contributed by atoms with E-state index in [1.807, 2.05) is 12.0 Å². The minimum Gasteiger partial charge on any atom is -0.391 e. The molecule has 2 aliphatic heterocycles. The van der Waals surface area contributed by atoms with Crippen LogP contribution >= 0.6 is 0 Å². The number of likely N-dealkylation sites (tertiary alicyclic amines) is 1. The zero-order chi connectivity index (χ0) is 36.2. The lowest BCUT2D eigenvalue weighted by atomic mass is 9.43. The van der Waals surface area contributed by atoms with Crippen LogP contribution in [0.1, 0.15) is 122 Å². The second kappa shape index (κ2) is 14.8. The molecule has 9 rings (SSSR count). The molecule has 0 aromatic rings. The summed E-state index contributed by atoms with van der Waals surface area (Å²) < 4.78 is 5.86. The summed E-state index contributed by atoms with van der Waals surface area (Å²) in [6.07, 6.45) is 17.9. The monoisotopic (exact) mass is 723 g/mol. The number of hydrogen-bond donors (Lipinski definition) is 3. The van der Waals surface area contributed by atoms with Crippen molar-refractivity contribution < 1.29 is 29.0 Å². The molecule has 9 unspecified atom stereocenters. The number of β-amino-alcohol motifs (C(OH)–C–C–N with tert-alkyl or cyclic N) is 1. The number of carbonyl (C=O) groups excluding carboxylic acids is 4. The van der Waals surface area contributed by atoms with E-state index >= 15 is 0 Å². The number of amides is 4. The fraction of sp³-hybridized carbons (Fsp3) is 0.902. The van der Waals surface area contributed by atoms with Gasteiger partial charge in [-0.3, -0.25) is 24.1 Å². The number of hydrogen-bond acceptors (Lipinski definition) is 7. The fourth-order valence-electron chi connectivity index (χ4n) is 13.7. The lowest BCUT2D eigenvalue weighted by molar-refractivity contribution is -0.174. The quantitative estimate of drug-likeness (QED) is 0.330. The summed E-state index contributed by atoms with van der Waals surface area (Å²) in [6, 6.07) is -1.10. The van der Waals surface area contributed by atoms with Gasteiger partial charge in [-0.1, -0.05) is 44.9 Å². The van der Waals surface area contributed by atoms with Gasteiger partial charge in [0.05, 0.1) is 23.0 Å². The molecule has 52 heavy (non-hydrogen) atoms. The molecule has 0 radical (unpaired) electrons. The van der Waals surface area contributed by atoms with E-state index in [1.54, 1.807) is 4.90 Å². The molecule has 0 aromatic heterocycles. The number of ether oxygens (including phenoxy) is 1. The Morgan fingerprint density at radius 3 is 2.21 bits per heavy atom. The Hall–Kier alpha value is -2.24. The second-order valence-electron chi connectivity index (χ2n) is 19.0. The van der Waals surface area contributed by atoms with Crippen LogP contribution in [-0.4, -0.2) is 114 Å². The van der Waals surface area contributed by atoms with Crippen molar-refractivity contribution in [2.75, 3.05) is 39.8 Å². The Labute approximate surface area is 310 Å². The molecule has 0 aromatic carbocycles. The van der Waals surface area contributed by atoms with E-state index in [0.717, 1.165) is 76.8 Å². The van der Waals surface area contributed by atoms with Crippen molar-refractivity contribution in [2.24, 2.45) is 46.2 Å². The van der Waals surface area contributed by atoms with E-state index in [2.05, 4.69) is 10.2 Å². The van der Waals surface area contributed by atoms with Crippen molar-refractivity contribution in [3.63, 3.8) is 0 Å². The summed E-state index contributed by atoms with van der Waals surface area (Å²) in [5.41, 5.74) is 4.65. The second-order valence-corrected chi connectivity index (χ2v) is 19.0. The molecule has 2 saturated heterocycles. The van der Waals surface area contributed by atoms with Gasteiger partial charge < -0.3 is 30.7 Å². The first kappa shape index (κ1) is 36.7. The van der Waals surface area contributed by atoms with Crippen LogP contribution in [0.15, 0.2) is 0 Å². The van der Waals surface area contributed by atoms with E-state index in [-0.39, 0.29) is 54.5 Å². The first-order chi connectivity index (χ1) is 25.1. The maximum absolute atomic E-state index is 14.6. The molecular weight excluding hydrogens is 658 g/mol. The zero-order valence-electron chi connectivity index (χ0n) is 31.7. The predicted molar refractivity (Wildman–Crippen MR) is 195 cm³/mol. The maximum atomic E-state index is 14.6. The zero-order valence-corrected chi connectivity index (χ0v) is 31.7. The summed E-state index contributed by atoms with van der Waals surface area (Å²) in [6.45, 7) is 2.98. The third kappa shape index (κ3) is 6.93. The van der Waals surface area contributed by atoms with Gasteiger partial charge in [0, 0.05) is 52.3 Å². The van der Waals surface area contributed by atoms with Gasteiger partial charge in [0.1, 0.15) is 12.1 Å². The van der Waals surface area contributed by atoms with Crippen LogP contribution in [0.2, 0.25) is 0 Å². The van der Waals surface area contributed by atoms with Crippen molar-refractivity contribution in [3.8, 4) is 0 Å². The summed E-state index contributed by atoms with van der Waals surface area (Å²) in [5, 5.41) is 14.2. The molecule has 0 spiro atoms. The highest BCUT2D eigenvalue weighted by molar-refractivity contribution is 5.94. The molecule has 4 N–H and O–H groups in total. The van der Waals surface area contributed by atoms with Crippen LogP contribution in [0, 0.1) is 40.4 Å². The first-order valence-corrected chi connectivity index (χ1v) is 21.2. The van der Waals surface area contributed by atoms with Crippen LogP contribution in [0.25, 0.3) is 0 Å². The summed E-state index contributed by atoms with van der Waals surface area (Å²) in [7, 11) is 1.82. The Morgan fingerprint density at radius 2 is 1.50 bits per heavy atom. The lowest BCUT2D eigenvalue weighted by Gasteiger charge is -2.60. The Morgan fingerprint density at radius 1 is 0.827 bits per heavy atom. The van der Waals surface area contributed by atoms with Crippen LogP contribution in [0.4, 0.5) is 0 Å². The highest BCUT2D eigenvalue weighted by Crippen LogP contribution is 2.66. The van der Waals surface area contributed by atoms with Gasteiger partial charge >= 0.3 is 0 Å². The number of fused-ring (bicyclic) bond motifs is 1. The van der Waals surface area contributed by atoms with Gasteiger partial charge in [-0.15, -0.1) is 0 Å². The van der Waals surface area contributed by atoms with Crippen molar-refractivity contribution in [3.05, 3.63) is 0 Å². The van der Waals surface area contributed by atoms with Gasteiger partial charge in [0.15, 0.2) is 0 Å². The molecule has 2 heterocycles. The number of aliphatic hydroxyl groups excluding tert-OH is 1. The summed E-state index contributed by atoms with van der Waals surface area (Å²) in [4.78, 5) is 62.4. The van der Waals surface area contributed by atoms with Crippen molar-refractivity contribution >= 4 is 23.6 Å². The smallest absolute Gasteiger partial charge is 0.245 e. The Bertz CT molecular complexity index is 1350. The molecule has 11 nitrogen and oxygen atoms in total. The third-order valence-corrected chi connectivity index (χ3v) is 15.8. The molecule has 7 aliphatic carbocycles. The summed E-state index contributed by atoms with van der Waals surface area (Å²) in [5.74, 6) is 1.74. The van der Waals surface area contributed by atoms with E-state index < -0.39 is 29.0 Å². The predicted octanol–water partition coefficient (Wildman–Crippen LogP) is 3.60. The number of nitrogens with one attached hydrogen (secondary N) is 1. The Kier molecular flexibility index (Phi) is 10.4.